The van der Waals surface area contributed by atoms with Gasteiger partial charge in [0, 0.05) is 43.6 Å². The standard InChI is InChI=1S/C44H26N4O/c1-2-12-28(13-3-1)47-37-19-9-4-14-29(37)32-23-24-33-30-15-5-10-20-38(30)48(43(33)42(32)47)44-41(45-35-17-7-8-18-36(35)46-44)27-22-25-40-34(26-27)31-16-6-11-21-39(31)49-40/h1-26H. The Labute approximate surface area is 279 Å². The largest absolute Gasteiger partial charge is 0.456 e. The van der Waals surface area contributed by atoms with E-state index in [1.807, 2.05) is 36.4 Å². The molecule has 228 valence electrons. The molecule has 0 unspecified atom stereocenters. The van der Waals surface area contributed by atoms with Crippen LogP contribution in [0, 0.1) is 0 Å². The first-order valence-electron chi connectivity index (χ1n) is 16.5. The Balaban J connectivity index is 1.34. The molecule has 5 heteroatoms. The Kier molecular flexibility index (Phi) is 5.32. The minimum atomic E-state index is 0.786. The molecule has 0 spiro atoms. The van der Waals surface area contributed by atoms with Crippen molar-refractivity contribution in [2.45, 2.75) is 0 Å². The highest BCUT2D eigenvalue weighted by molar-refractivity contribution is 6.24. The predicted octanol–water partition coefficient (Wildman–Crippen LogP) is 11.4. The van der Waals surface area contributed by atoms with E-state index in [-0.39, 0.29) is 0 Å². The summed E-state index contributed by atoms with van der Waals surface area (Å²) in [4.78, 5) is 10.8. The Bertz CT molecular complexity index is 3110. The highest BCUT2D eigenvalue weighted by atomic mass is 16.3. The molecule has 4 aromatic heterocycles. The van der Waals surface area contributed by atoms with Gasteiger partial charge >= 0.3 is 0 Å². The summed E-state index contributed by atoms with van der Waals surface area (Å²) in [5, 5.41) is 6.88. The van der Waals surface area contributed by atoms with E-state index in [1.165, 1.54) is 21.5 Å². The number of aromatic nitrogens is 4. The van der Waals surface area contributed by atoms with Crippen molar-refractivity contribution in [3.05, 3.63) is 158 Å². The number of fused-ring (bicyclic) bond motifs is 11. The number of hydrogen-bond donors (Lipinski definition) is 0. The zero-order valence-electron chi connectivity index (χ0n) is 26.2. The zero-order chi connectivity index (χ0) is 32.1. The summed E-state index contributed by atoms with van der Waals surface area (Å²) < 4.78 is 11.0. The lowest BCUT2D eigenvalue weighted by atomic mass is 10.1. The lowest BCUT2D eigenvalue weighted by Crippen LogP contribution is -2.05. The van der Waals surface area contributed by atoms with Gasteiger partial charge in [0.15, 0.2) is 5.82 Å². The average Bonchev–Trinajstić information content (AvgIpc) is 3.82. The maximum absolute atomic E-state index is 6.22. The van der Waals surface area contributed by atoms with Gasteiger partial charge in [-0.05, 0) is 60.7 Å². The molecule has 7 aromatic carbocycles. The van der Waals surface area contributed by atoms with Crippen molar-refractivity contribution in [2.24, 2.45) is 0 Å². The molecule has 0 saturated carbocycles. The Morgan fingerprint density at radius 1 is 0.408 bits per heavy atom. The van der Waals surface area contributed by atoms with Gasteiger partial charge < -0.3 is 8.98 Å². The smallest absolute Gasteiger partial charge is 0.165 e. The highest BCUT2D eigenvalue weighted by Crippen LogP contribution is 2.43. The van der Waals surface area contributed by atoms with E-state index in [4.69, 9.17) is 14.4 Å². The van der Waals surface area contributed by atoms with Crippen LogP contribution in [0.15, 0.2) is 162 Å². The van der Waals surface area contributed by atoms with E-state index in [0.717, 1.165) is 77.8 Å². The van der Waals surface area contributed by atoms with Crippen LogP contribution in [-0.4, -0.2) is 19.1 Å². The van der Waals surface area contributed by atoms with E-state index in [1.54, 1.807) is 0 Å². The topological polar surface area (TPSA) is 48.8 Å². The summed E-state index contributed by atoms with van der Waals surface area (Å²) in [6.45, 7) is 0. The van der Waals surface area contributed by atoms with Crippen LogP contribution in [0.4, 0.5) is 0 Å². The van der Waals surface area contributed by atoms with Crippen molar-refractivity contribution in [1.29, 1.82) is 0 Å². The summed E-state index contributed by atoms with van der Waals surface area (Å²) in [7, 11) is 0. The number of nitrogens with zero attached hydrogens (tertiary/aromatic N) is 4. The Morgan fingerprint density at radius 3 is 1.73 bits per heavy atom. The molecule has 0 aliphatic rings. The fourth-order valence-electron chi connectivity index (χ4n) is 7.78. The molecule has 0 bridgehead atoms. The van der Waals surface area contributed by atoms with E-state index < -0.39 is 0 Å². The predicted molar refractivity (Wildman–Crippen MR) is 201 cm³/mol. The fourth-order valence-corrected chi connectivity index (χ4v) is 7.78. The molecule has 5 nitrogen and oxygen atoms in total. The molecule has 11 aromatic rings. The maximum atomic E-state index is 6.22. The first kappa shape index (κ1) is 26.4. The van der Waals surface area contributed by atoms with Crippen LogP contribution < -0.4 is 0 Å². The number of benzene rings is 7. The summed E-state index contributed by atoms with van der Waals surface area (Å²) in [5.74, 6) is 0.786. The SMILES string of the molecule is c1ccc(-n2c3ccccc3c3ccc4c5ccccc5n(-c5nc6ccccc6nc5-c5ccc6oc7ccccc7c6c5)c4c32)cc1. The van der Waals surface area contributed by atoms with Gasteiger partial charge in [0.1, 0.15) is 16.9 Å². The van der Waals surface area contributed by atoms with E-state index in [9.17, 15) is 0 Å². The number of rotatable bonds is 3. The molecule has 0 saturated heterocycles. The van der Waals surface area contributed by atoms with Crippen molar-refractivity contribution < 1.29 is 4.42 Å². The molecular formula is C44H26N4O. The summed E-state index contributed by atoms with van der Waals surface area (Å²) >= 11 is 0. The molecule has 0 radical (unpaired) electrons. The van der Waals surface area contributed by atoms with Gasteiger partial charge in [-0.3, -0.25) is 4.57 Å². The van der Waals surface area contributed by atoms with Crippen molar-refractivity contribution in [3.63, 3.8) is 0 Å². The van der Waals surface area contributed by atoms with E-state index >= 15 is 0 Å². The molecular weight excluding hydrogens is 601 g/mol. The van der Waals surface area contributed by atoms with Crippen LogP contribution in [-0.2, 0) is 0 Å². The minimum Gasteiger partial charge on any atom is -0.456 e. The van der Waals surface area contributed by atoms with E-state index in [0.29, 0.717) is 0 Å². The summed E-state index contributed by atoms with van der Waals surface area (Å²) in [5.41, 5.74) is 10.8. The third kappa shape index (κ3) is 3.70. The molecule has 0 atom stereocenters. The fraction of sp³-hybridized carbons (Fsp3) is 0. The molecule has 11 rings (SSSR count). The third-order valence-electron chi connectivity index (χ3n) is 9.90. The maximum Gasteiger partial charge on any atom is 0.165 e. The van der Waals surface area contributed by atoms with Crippen LogP contribution in [0.2, 0.25) is 0 Å². The summed E-state index contributed by atoms with van der Waals surface area (Å²) in [6.07, 6.45) is 0. The van der Waals surface area contributed by atoms with Crippen molar-refractivity contribution >= 4 is 76.6 Å². The van der Waals surface area contributed by atoms with Crippen LogP contribution in [0.1, 0.15) is 0 Å². The molecule has 0 aliphatic carbocycles. The zero-order valence-corrected chi connectivity index (χ0v) is 26.2. The monoisotopic (exact) mass is 626 g/mol. The Hall–Kier alpha value is -6.72. The van der Waals surface area contributed by atoms with Gasteiger partial charge in [-0.1, -0.05) is 97.1 Å². The Morgan fingerprint density at radius 2 is 0.980 bits per heavy atom. The van der Waals surface area contributed by atoms with Gasteiger partial charge in [-0.2, -0.15) is 0 Å². The number of hydrogen-bond acceptors (Lipinski definition) is 3. The van der Waals surface area contributed by atoms with Crippen molar-refractivity contribution in [1.82, 2.24) is 19.1 Å². The lowest BCUT2D eigenvalue weighted by Gasteiger charge is -2.15. The number of para-hydroxylation sites is 6. The number of furan rings is 1. The molecule has 0 amide bonds. The minimum absolute atomic E-state index is 0.786. The third-order valence-corrected chi connectivity index (χ3v) is 9.90. The first-order chi connectivity index (χ1) is 24.3. The van der Waals surface area contributed by atoms with Gasteiger partial charge in [-0.25, -0.2) is 9.97 Å². The molecule has 0 N–H and O–H groups in total. The average molecular weight is 627 g/mol. The molecule has 49 heavy (non-hydrogen) atoms. The van der Waals surface area contributed by atoms with Crippen LogP contribution >= 0.6 is 0 Å². The lowest BCUT2D eigenvalue weighted by molar-refractivity contribution is 0.669. The van der Waals surface area contributed by atoms with Crippen LogP contribution in [0.5, 0.6) is 0 Å². The second-order valence-corrected chi connectivity index (χ2v) is 12.6. The molecule has 4 heterocycles. The van der Waals surface area contributed by atoms with Crippen LogP contribution in [0.25, 0.3) is 99.3 Å². The molecule has 0 fully saturated rings. The van der Waals surface area contributed by atoms with Gasteiger partial charge in [0.25, 0.3) is 0 Å². The van der Waals surface area contributed by atoms with Crippen molar-refractivity contribution in [3.8, 4) is 22.8 Å². The highest BCUT2D eigenvalue weighted by Gasteiger charge is 2.24. The first-order valence-corrected chi connectivity index (χ1v) is 16.5. The van der Waals surface area contributed by atoms with Gasteiger partial charge in [0.05, 0.1) is 33.1 Å². The molecule has 0 aliphatic heterocycles. The van der Waals surface area contributed by atoms with Crippen molar-refractivity contribution in [2.75, 3.05) is 0 Å². The second kappa shape index (κ2) is 9.89. The second-order valence-electron chi connectivity index (χ2n) is 12.6. The van der Waals surface area contributed by atoms with Crippen LogP contribution in [0.3, 0.4) is 0 Å². The normalized spacial score (nSPS) is 12.1. The van der Waals surface area contributed by atoms with Gasteiger partial charge in [-0.15, -0.1) is 0 Å². The van der Waals surface area contributed by atoms with E-state index in [2.05, 4.69) is 130 Å². The van der Waals surface area contributed by atoms with Gasteiger partial charge in [0.2, 0.25) is 0 Å². The summed E-state index contributed by atoms with van der Waals surface area (Å²) in [6, 6.07) is 55.2. The quantitative estimate of drug-likeness (QED) is 0.196.